The van der Waals surface area contributed by atoms with Crippen molar-refractivity contribution >= 4 is 28.3 Å². The molecule has 33 heavy (non-hydrogen) atoms. The molecule has 0 spiro atoms. The fraction of sp³-hybridized carbons (Fsp3) is 0.560. The van der Waals surface area contributed by atoms with Crippen LogP contribution >= 0.6 is 11.3 Å². The summed E-state index contributed by atoms with van der Waals surface area (Å²) in [6.45, 7) is 4.27. The van der Waals surface area contributed by atoms with Crippen molar-refractivity contribution in [1.29, 1.82) is 0 Å². The van der Waals surface area contributed by atoms with Crippen molar-refractivity contribution in [3.8, 4) is 0 Å². The third kappa shape index (κ3) is 6.60. The molecule has 2 aromatic rings. The van der Waals surface area contributed by atoms with Gasteiger partial charge in [-0.2, -0.15) is 0 Å². The molecule has 178 valence electrons. The number of aromatic nitrogens is 1. The summed E-state index contributed by atoms with van der Waals surface area (Å²) >= 11 is 1.44. The molecule has 0 radical (unpaired) electrons. The van der Waals surface area contributed by atoms with Crippen LogP contribution < -0.4 is 5.32 Å². The molecule has 0 atom stereocenters. The van der Waals surface area contributed by atoms with Gasteiger partial charge in [0.2, 0.25) is 11.8 Å². The highest BCUT2D eigenvalue weighted by molar-refractivity contribution is 7.13. The van der Waals surface area contributed by atoms with Crippen LogP contribution in [0.3, 0.4) is 0 Å². The number of benzene rings is 1. The van der Waals surface area contributed by atoms with Crippen LogP contribution in [0, 0.1) is 18.7 Å². The molecular weight excluding hydrogens is 439 g/mol. The molecule has 2 amide bonds. The highest BCUT2D eigenvalue weighted by atomic mass is 32.1. The molecule has 1 aromatic heterocycles. The van der Waals surface area contributed by atoms with Crippen molar-refractivity contribution in [2.45, 2.75) is 64.5 Å². The van der Waals surface area contributed by atoms with E-state index < -0.39 is 0 Å². The number of rotatable bonds is 7. The largest absolute Gasteiger partial charge is 0.334 e. The molecule has 1 aliphatic heterocycles. The van der Waals surface area contributed by atoms with E-state index in [0.29, 0.717) is 18.2 Å². The standard InChI is InChI=1S/C25H33FN4O2S/c1-18-17-33-25(27-18)28-24(32)20-11-13-29(14-12-20)16-23(31)30(22-5-3-2-4-6-22)15-19-7-9-21(26)10-8-19/h7-10,17,20,22H,2-6,11-16H2,1H3,(H,27,28,32). The molecule has 2 aliphatic rings. The topological polar surface area (TPSA) is 65.5 Å². The summed E-state index contributed by atoms with van der Waals surface area (Å²) in [5.41, 5.74) is 1.87. The van der Waals surface area contributed by atoms with Crippen LogP contribution in [0.4, 0.5) is 9.52 Å². The number of hydrogen-bond acceptors (Lipinski definition) is 5. The Balaban J connectivity index is 1.31. The second-order valence-corrected chi connectivity index (χ2v) is 10.1. The fourth-order valence-electron chi connectivity index (χ4n) is 4.85. The molecule has 1 saturated carbocycles. The lowest BCUT2D eigenvalue weighted by molar-refractivity contribution is -0.136. The second-order valence-electron chi connectivity index (χ2n) is 9.27. The maximum atomic E-state index is 13.4. The summed E-state index contributed by atoms with van der Waals surface area (Å²) in [5, 5.41) is 5.50. The summed E-state index contributed by atoms with van der Waals surface area (Å²) in [4.78, 5) is 34.4. The van der Waals surface area contributed by atoms with Gasteiger partial charge >= 0.3 is 0 Å². The minimum atomic E-state index is -0.258. The molecule has 4 rings (SSSR count). The molecule has 2 fully saturated rings. The van der Waals surface area contributed by atoms with Gasteiger partial charge in [-0.1, -0.05) is 31.4 Å². The number of nitrogens with zero attached hydrogens (tertiary/aromatic N) is 3. The van der Waals surface area contributed by atoms with Gasteiger partial charge in [-0.05, 0) is 63.4 Å². The number of likely N-dealkylation sites (tertiary alicyclic amines) is 1. The van der Waals surface area contributed by atoms with Gasteiger partial charge in [0.1, 0.15) is 5.82 Å². The van der Waals surface area contributed by atoms with Gasteiger partial charge in [-0.15, -0.1) is 11.3 Å². The van der Waals surface area contributed by atoms with Crippen molar-refractivity contribution in [2.75, 3.05) is 25.0 Å². The number of nitrogens with one attached hydrogen (secondary N) is 1. The van der Waals surface area contributed by atoms with Crippen molar-refractivity contribution in [3.63, 3.8) is 0 Å². The summed E-state index contributed by atoms with van der Waals surface area (Å²) in [7, 11) is 0. The number of anilines is 1. The lowest BCUT2D eigenvalue weighted by atomic mass is 9.93. The van der Waals surface area contributed by atoms with E-state index in [9.17, 15) is 14.0 Å². The van der Waals surface area contributed by atoms with Gasteiger partial charge in [0.05, 0.1) is 12.2 Å². The Morgan fingerprint density at radius 3 is 2.45 bits per heavy atom. The number of amides is 2. The van der Waals surface area contributed by atoms with Crippen LogP contribution in [0.15, 0.2) is 29.6 Å². The number of hydrogen-bond donors (Lipinski definition) is 1. The summed E-state index contributed by atoms with van der Waals surface area (Å²) in [6, 6.07) is 6.71. The van der Waals surface area contributed by atoms with Gasteiger partial charge < -0.3 is 10.2 Å². The Hall–Kier alpha value is -2.32. The van der Waals surface area contributed by atoms with Gasteiger partial charge in [0.15, 0.2) is 5.13 Å². The first-order valence-corrected chi connectivity index (χ1v) is 12.8. The molecular formula is C25H33FN4O2S. The van der Waals surface area contributed by atoms with E-state index in [1.165, 1.54) is 29.9 Å². The van der Waals surface area contributed by atoms with Crippen LogP contribution in [-0.2, 0) is 16.1 Å². The minimum absolute atomic E-state index is 0.0236. The van der Waals surface area contributed by atoms with Crippen molar-refractivity contribution in [2.24, 2.45) is 5.92 Å². The predicted molar refractivity (Wildman–Crippen MR) is 128 cm³/mol. The van der Waals surface area contributed by atoms with Gasteiger partial charge in [-0.25, -0.2) is 9.37 Å². The lowest BCUT2D eigenvalue weighted by Gasteiger charge is -2.37. The predicted octanol–water partition coefficient (Wildman–Crippen LogP) is 4.60. The molecule has 1 N–H and O–H groups in total. The second kappa shape index (κ2) is 11.2. The molecule has 1 aliphatic carbocycles. The third-order valence-electron chi connectivity index (χ3n) is 6.77. The molecule has 8 heteroatoms. The van der Waals surface area contributed by atoms with E-state index in [1.807, 2.05) is 17.2 Å². The highest BCUT2D eigenvalue weighted by Gasteiger charge is 2.30. The van der Waals surface area contributed by atoms with Crippen molar-refractivity contribution in [1.82, 2.24) is 14.8 Å². The maximum Gasteiger partial charge on any atom is 0.237 e. The number of halogens is 1. The van der Waals surface area contributed by atoms with Gasteiger partial charge in [0.25, 0.3) is 0 Å². The van der Waals surface area contributed by atoms with Crippen LogP contribution in [0.1, 0.15) is 56.2 Å². The smallest absolute Gasteiger partial charge is 0.237 e. The van der Waals surface area contributed by atoms with E-state index in [0.717, 1.165) is 62.9 Å². The van der Waals surface area contributed by atoms with E-state index in [1.54, 1.807) is 12.1 Å². The molecule has 0 bridgehead atoms. The number of aryl methyl sites for hydroxylation is 1. The zero-order valence-electron chi connectivity index (χ0n) is 19.3. The zero-order valence-corrected chi connectivity index (χ0v) is 20.1. The average molecular weight is 473 g/mol. The maximum absolute atomic E-state index is 13.4. The highest BCUT2D eigenvalue weighted by Crippen LogP contribution is 2.26. The van der Waals surface area contributed by atoms with Crippen molar-refractivity contribution < 1.29 is 14.0 Å². The number of piperidine rings is 1. The normalized spacial score (nSPS) is 18.2. The van der Waals surface area contributed by atoms with E-state index in [4.69, 9.17) is 0 Å². The van der Waals surface area contributed by atoms with Crippen LogP contribution in [0.25, 0.3) is 0 Å². The molecule has 6 nitrogen and oxygen atoms in total. The minimum Gasteiger partial charge on any atom is -0.334 e. The van der Waals surface area contributed by atoms with Crippen LogP contribution in [0.5, 0.6) is 0 Å². The summed E-state index contributed by atoms with van der Waals surface area (Å²) < 4.78 is 13.3. The molecule has 1 saturated heterocycles. The summed E-state index contributed by atoms with van der Waals surface area (Å²) in [5.74, 6) is -0.150. The molecule has 1 aromatic carbocycles. The lowest BCUT2D eigenvalue weighted by Crippen LogP contribution is -2.48. The van der Waals surface area contributed by atoms with Crippen molar-refractivity contribution in [3.05, 3.63) is 46.7 Å². The Labute approximate surface area is 199 Å². The third-order valence-corrected chi connectivity index (χ3v) is 7.64. The Bertz CT molecular complexity index is 934. The summed E-state index contributed by atoms with van der Waals surface area (Å²) in [6.07, 6.45) is 7.08. The van der Waals surface area contributed by atoms with Crippen LogP contribution in [0.2, 0.25) is 0 Å². The monoisotopic (exact) mass is 472 g/mol. The van der Waals surface area contributed by atoms with E-state index in [-0.39, 0.29) is 29.6 Å². The van der Waals surface area contributed by atoms with E-state index >= 15 is 0 Å². The average Bonchev–Trinajstić information content (AvgIpc) is 3.24. The van der Waals surface area contributed by atoms with E-state index in [2.05, 4.69) is 15.2 Å². The Kier molecular flexibility index (Phi) is 8.09. The fourth-order valence-corrected chi connectivity index (χ4v) is 5.55. The first-order chi connectivity index (χ1) is 16.0. The number of thiazole rings is 1. The quantitative estimate of drug-likeness (QED) is 0.640. The first kappa shape index (κ1) is 23.8. The zero-order chi connectivity index (χ0) is 23.2. The Morgan fingerprint density at radius 1 is 1.12 bits per heavy atom. The number of carbonyl (C=O) groups is 2. The molecule has 2 heterocycles. The Morgan fingerprint density at radius 2 is 1.82 bits per heavy atom. The number of carbonyl (C=O) groups excluding carboxylic acids is 2. The SMILES string of the molecule is Cc1csc(NC(=O)C2CCN(CC(=O)N(Cc3ccc(F)cc3)C3CCCCC3)CC2)n1. The van der Waals surface area contributed by atoms with Gasteiger partial charge in [-0.3, -0.25) is 14.5 Å². The first-order valence-electron chi connectivity index (χ1n) is 12.0. The molecule has 0 unspecified atom stereocenters. The van der Waals surface area contributed by atoms with Crippen LogP contribution in [-0.4, -0.2) is 52.3 Å². The van der Waals surface area contributed by atoms with Gasteiger partial charge in [0, 0.05) is 23.9 Å².